The normalized spacial score (nSPS) is 33.3. The van der Waals surface area contributed by atoms with Gasteiger partial charge in [-0.05, 0) is 17.8 Å². The fourth-order valence-electron chi connectivity index (χ4n) is 2.51. The largest absolute Gasteiger partial charge is 0.480 e. The van der Waals surface area contributed by atoms with Crippen LogP contribution in [0.4, 0.5) is 4.79 Å². The second kappa shape index (κ2) is 4.42. The van der Waals surface area contributed by atoms with Crippen molar-refractivity contribution in [3.8, 4) is 0 Å². The first-order valence-corrected chi connectivity index (χ1v) is 6.26. The first-order valence-electron chi connectivity index (χ1n) is 6.26. The summed E-state index contributed by atoms with van der Waals surface area (Å²) in [6, 6.07) is -1.30. The summed E-state index contributed by atoms with van der Waals surface area (Å²) in [5.74, 6) is -0.592. The summed E-state index contributed by atoms with van der Waals surface area (Å²) >= 11 is 0. The number of carbonyl (C=O) groups excluding carboxylic acids is 1. The molecule has 6 heteroatoms. The number of carboxylic acids is 1. The van der Waals surface area contributed by atoms with Crippen molar-refractivity contribution >= 4 is 12.0 Å². The second-order valence-electron chi connectivity index (χ2n) is 5.97. The van der Waals surface area contributed by atoms with E-state index in [4.69, 9.17) is 5.11 Å². The van der Waals surface area contributed by atoms with Crippen molar-refractivity contribution < 1.29 is 19.8 Å². The molecule has 0 aromatic heterocycles. The number of carbonyl (C=O) groups is 2. The molecule has 2 rings (SSSR count). The third kappa shape index (κ3) is 2.58. The number of rotatable bonds is 3. The summed E-state index contributed by atoms with van der Waals surface area (Å²) in [5, 5.41) is 21.2. The number of hydrogen-bond donors (Lipinski definition) is 3. The Balaban J connectivity index is 1.86. The minimum atomic E-state index is -1.06. The van der Waals surface area contributed by atoms with Crippen molar-refractivity contribution in [2.75, 3.05) is 13.1 Å². The maximum absolute atomic E-state index is 11.9. The zero-order chi connectivity index (χ0) is 13.5. The summed E-state index contributed by atoms with van der Waals surface area (Å²) in [6.45, 7) is 4.95. The van der Waals surface area contributed by atoms with E-state index >= 15 is 0 Å². The Morgan fingerprint density at radius 1 is 1.44 bits per heavy atom. The lowest BCUT2D eigenvalue weighted by atomic mass is 10.1. The Labute approximate surface area is 106 Å². The summed E-state index contributed by atoms with van der Waals surface area (Å²) in [5.41, 5.74) is 0.282. The molecule has 0 aromatic carbocycles. The predicted octanol–water partition coefficient (Wildman–Crippen LogP) is 0.262. The van der Waals surface area contributed by atoms with Crippen LogP contribution >= 0.6 is 0 Å². The number of likely N-dealkylation sites (tertiary alicyclic amines) is 1. The van der Waals surface area contributed by atoms with Crippen molar-refractivity contribution in [2.24, 2.45) is 11.3 Å². The highest BCUT2D eigenvalue weighted by Gasteiger charge is 2.46. The van der Waals surface area contributed by atoms with Crippen molar-refractivity contribution in [3.63, 3.8) is 0 Å². The molecule has 2 amide bonds. The van der Waals surface area contributed by atoms with Crippen LogP contribution < -0.4 is 5.32 Å². The first-order chi connectivity index (χ1) is 8.31. The van der Waals surface area contributed by atoms with E-state index in [2.05, 4.69) is 19.2 Å². The molecule has 0 aromatic rings. The fraction of sp³-hybridized carbons (Fsp3) is 0.833. The van der Waals surface area contributed by atoms with Gasteiger partial charge in [-0.25, -0.2) is 9.59 Å². The Bertz CT molecular complexity index is 369. The Hall–Kier alpha value is -1.30. The van der Waals surface area contributed by atoms with Gasteiger partial charge in [0.05, 0.1) is 6.10 Å². The number of nitrogens with one attached hydrogen (secondary N) is 1. The Morgan fingerprint density at radius 3 is 2.56 bits per heavy atom. The number of aliphatic carboxylic acids is 1. The third-order valence-corrected chi connectivity index (χ3v) is 4.04. The molecule has 0 bridgehead atoms. The molecule has 0 radical (unpaired) electrons. The van der Waals surface area contributed by atoms with Gasteiger partial charge in [0, 0.05) is 19.5 Å². The van der Waals surface area contributed by atoms with Crippen LogP contribution in [0.3, 0.4) is 0 Å². The first kappa shape index (κ1) is 13.1. The summed E-state index contributed by atoms with van der Waals surface area (Å²) in [6.07, 6.45) is 0.449. The smallest absolute Gasteiger partial charge is 0.326 e. The number of carboxylic acid groups (broad SMARTS) is 1. The van der Waals surface area contributed by atoms with Crippen molar-refractivity contribution in [1.29, 1.82) is 0 Å². The zero-order valence-corrected chi connectivity index (χ0v) is 10.7. The van der Waals surface area contributed by atoms with E-state index < -0.39 is 18.1 Å². The van der Waals surface area contributed by atoms with Crippen molar-refractivity contribution in [1.82, 2.24) is 10.2 Å². The molecule has 1 saturated carbocycles. The van der Waals surface area contributed by atoms with Crippen molar-refractivity contribution in [3.05, 3.63) is 0 Å². The predicted molar refractivity (Wildman–Crippen MR) is 64.0 cm³/mol. The van der Waals surface area contributed by atoms with Crippen LogP contribution in [0.25, 0.3) is 0 Å². The van der Waals surface area contributed by atoms with Gasteiger partial charge in [0.2, 0.25) is 0 Å². The van der Waals surface area contributed by atoms with E-state index in [9.17, 15) is 14.7 Å². The van der Waals surface area contributed by atoms with Gasteiger partial charge in [0.15, 0.2) is 0 Å². The highest BCUT2D eigenvalue weighted by molar-refractivity contribution is 5.83. The molecule has 3 N–H and O–H groups in total. The van der Waals surface area contributed by atoms with Crippen LogP contribution in [0.1, 0.15) is 26.7 Å². The highest BCUT2D eigenvalue weighted by Crippen LogP contribution is 2.50. The zero-order valence-electron chi connectivity index (χ0n) is 10.7. The molecular formula is C12H20N2O4. The number of β-amino-alcohol motifs (C(OH)–C–C–N with tert-alkyl or cyclic N) is 1. The minimum Gasteiger partial charge on any atom is -0.480 e. The van der Waals surface area contributed by atoms with Gasteiger partial charge in [-0.1, -0.05) is 13.8 Å². The molecule has 6 nitrogen and oxygen atoms in total. The molecule has 3 atom stereocenters. The van der Waals surface area contributed by atoms with Gasteiger partial charge in [0.25, 0.3) is 0 Å². The lowest BCUT2D eigenvalue weighted by Crippen LogP contribution is -2.46. The molecule has 18 heavy (non-hydrogen) atoms. The molecule has 1 saturated heterocycles. The molecule has 1 aliphatic carbocycles. The number of amides is 2. The maximum Gasteiger partial charge on any atom is 0.326 e. The molecule has 2 fully saturated rings. The summed E-state index contributed by atoms with van der Waals surface area (Å²) in [7, 11) is 0. The molecule has 0 spiro atoms. The van der Waals surface area contributed by atoms with Crippen LogP contribution in [-0.2, 0) is 4.79 Å². The topological polar surface area (TPSA) is 89.9 Å². The summed E-state index contributed by atoms with van der Waals surface area (Å²) in [4.78, 5) is 24.1. The van der Waals surface area contributed by atoms with Crippen molar-refractivity contribution in [2.45, 2.75) is 38.8 Å². The minimum absolute atomic E-state index is 0.0941. The van der Waals surface area contributed by atoms with Crippen LogP contribution in [0, 0.1) is 11.3 Å². The Kier molecular flexibility index (Phi) is 3.23. The van der Waals surface area contributed by atoms with E-state index in [1.54, 1.807) is 0 Å². The molecule has 2 aliphatic rings. The van der Waals surface area contributed by atoms with E-state index in [1.807, 2.05) is 0 Å². The molecule has 1 heterocycles. The number of hydrogen-bond acceptors (Lipinski definition) is 3. The molecule has 3 unspecified atom stereocenters. The van der Waals surface area contributed by atoms with Crippen LogP contribution in [0.15, 0.2) is 0 Å². The van der Waals surface area contributed by atoms with E-state index in [0.29, 0.717) is 12.5 Å². The van der Waals surface area contributed by atoms with Crippen LogP contribution in [0.2, 0.25) is 0 Å². The van der Waals surface area contributed by atoms with Gasteiger partial charge < -0.3 is 20.4 Å². The maximum atomic E-state index is 11.9. The standard InChI is InChI=1S/C12H20N2O4/c1-12(2)4-7(12)5-13-11(18)14-6-8(15)3-9(14)10(16)17/h7-9,15H,3-6H2,1-2H3,(H,13,18)(H,16,17). The molecule has 1 aliphatic heterocycles. The van der Waals surface area contributed by atoms with E-state index in [1.165, 1.54) is 4.90 Å². The average molecular weight is 256 g/mol. The lowest BCUT2D eigenvalue weighted by molar-refractivity contribution is -0.141. The molecular weight excluding hydrogens is 236 g/mol. The number of aliphatic hydroxyl groups is 1. The number of nitrogens with zero attached hydrogens (tertiary/aromatic N) is 1. The third-order valence-electron chi connectivity index (χ3n) is 4.04. The van der Waals surface area contributed by atoms with Gasteiger partial charge in [-0.2, -0.15) is 0 Å². The lowest BCUT2D eigenvalue weighted by Gasteiger charge is -2.21. The van der Waals surface area contributed by atoms with E-state index in [-0.39, 0.29) is 24.4 Å². The van der Waals surface area contributed by atoms with E-state index in [0.717, 1.165) is 6.42 Å². The van der Waals surface area contributed by atoms with Gasteiger partial charge in [-0.3, -0.25) is 0 Å². The number of urea groups is 1. The van der Waals surface area contributed by atoms with Crippen LogP contribution in [-0.4, -0.2) is 52.3 Å². The number of aliphatic hydroxyl groups excluding tert-OH is 1. The SMILES string of the molecule is CC1(C)CC1CNC(=O)N1CC(O)CC1C(=O)O. The van der Waals surface area contributed by atoms with Gasteiger partial charge >= 0.3 is 12.0 Å². The van der Waals surface area contributed by atoms with Gasteiger partial charge in [0.1, 0.15) is 6.04 Å². The Morgan fingerprint density at radius 2 is 2.06 bits per heavy atom. The highest BCUT2D eigenvalue weighted by atomic mass is 16.4. The second-order valence-corrected chi connectivity index (χ2v) is 5.97. The fourth-order valence-corrected chi connectivity index (χ4v) is 2.51. The molecule has 102 valence electrons. The monoisotopic (exact) mass is 256 g/mol. The quantitative estimate of drug-likeness (QED) is 0.675. The van der Waals surface area contributed by atoms with Crippen LogP contribution in [0.5, 0.6) is 0 Å². The summed E-state index contributed by atoms with van der Waals surface area (Å²) < 4.78 is 0. The van der Waals surface area contributed by atoms with Gasteiger partial charge in [-0.15, -0.1) is 0 Å². The average Bonchev–Trinajstić information content (AvgIpc) is 2.70.